The van der Waals surface area contributed by atoms with Crippen LogP contribution in [-0.2, 0) is 6.54 Å². The van der Waals surface area contributed by atoms with Gasteiger partial charge in [-0.25, -0.2) is 0 Å². The number of hydrogen-bond acceptors (Lipinski definition) is 3. The van der Waals surface area contributed by atoms with Gasteiger partial charge >= 0.3 is 0 Å². The molecule has 96 valence electrons. The van der Waals surface area contributed by atoms with E-state index in [-0.39, 0.29) is 0 Å². The summed E-state index contributed by atoms with van der Waals surface area (Å²) in [4.78, 5) is 0. The van der Waals surface area contributed by atoms with Crippen molar-refractivity contribution in [1.82, 2.24) is 5.32 Å². The van der Waals surface area contributed by atoms with Crippen molar-refractivity contribution in [2.75, 3.05) is 18.6 Å². The molecule has 0 heterocycles. The van der Waals surface area contributed by atoms with Crippen molar-refractivity contribution in [1.29, 1.82) is 0 Å². The lowest BCUT2D eigenvalue weighted by atomic mass is 10.2. The predicted octanol–water partition coefficient (Wildman–Crippen LogP) is 3.69. The summed E-state index contributed by atoms with van der Waals surface area (Å²) in [5.41, 5.74) is 1.24. The normalized spacial score (nSPS) is 10.9. The standard InChI is InChI=1S/C13H20BrNOS/c1-10(2)15-9-11-8-12(4-5-13(11)14)16-6-7-17-3/h4-5,8,10,15H,6-7,9H2,1-3H3. The third kappa shape index (κ3) is 5.80. The Morgan fingerprint density at radius 2 is 2.18 bits per heavy atom. The van der Waals surface area contributed by atoms with Crippen molar-refractivity contribution in [3.63, 3.8) is 0 Å². The van der Waals surface area contributed by atoms with Crippen LogP contribution in [0.2, 0.25) is 0 Å². The molecule has 1 rings (SSSR count). The number of thioether (sulfide) groups is 1. The fourth-order valence-corrected chi connectivity index (χ4v) is 1.97. The van der Waals surface area contributed by atoms with Gasteiger partial charge in [0.1, 0.15) is 5.75 Å². The van der Waals surface area contributed by atoms with Gasteiger partial charge in [-0.1, -0.05) is 29.8 Å². The van der Waals surface area contributed by atoms with E-state index in [0.29, 0.717) is 6.04 Å². The maximum atomic E-state index is 5.68. The van der Waals surface area contributed by atoms with E-state index in [1.54, 1.807) is 11.8 Å². The molecule has 0 radical (unpaired) electrons. The molecule has 0 saturated heterocycles. The first-order valence-corrected chi connectivity index (χ1v) is 7.95. The maximum Gasteiger partial charge on any atom is 0.119 e. The first-order chi connectivity index (χ1) is 8.13. The lowest BCUT2D eigenvalue weighted by Crippen LogP contribution is -2.22. The molecule has 0 amide bonds. The van der Waals surface area contributed by atoms with E-state index in [0.717, 1.165) is 29.1 Å². The van der Waals surface area contributed by atoms with Crippen molar-refractivity contribution in [2.45, 2.75) is 26.4 Å². The van der Waals surface area contributed by atoms with Crippen LogP contribution in [0.3, 0.4) is 0 Å². The van der Waals surface area contributed by atoms with Crippen LogP contribution < -0.4 is 10.1 Å². The second-order valence-corrected chi connectivity index (χ2v) is 5.97. The first-order valence-electron chi connectivity index (χ1n) is 5.77. The van der Waals surface area contributed by atoms with Gasteiger partial charge in [-0.3, -0.25) is 0 Å². The minimum Gasteiger partial charge on any atom is -0.493 e. The van der Waals surface area contributed by atoms with E-state index in [1.807, 2.05) is 12.1 Å². The van der Waals surface area contributed by atoms with E-state index in [4.69, 9.17) is 4.74 Å². The largest absolute Gasteiger partial charge is 0.493 e. The zero-order valence-electron chi connectivity index (χ0n) is 10.6. The topological polar surface area (TPSA) is 21.3 Å². The quantitative estimate of drug-likeness (QED) is 0.775. The molecule has 0 unspecified atom stereocenters. The summed E-state index contributed by atoms with van der Waals surface area (Å²) in [5.74, 6) is 1.97. The van der Waals surface area contributed by atoms with Gasteiger partial charge in [-0.2, -0.15) is 11.8 Å². The van der Waals surface area contributed by atoms with E-state index in [9.17, 15) is 0 Å². The highest BCUT2D eigenvalue weighted by Gasteiger charge is 2.03. The van der Waals surface area contributed by atoms with Crippen LogP contribution in [0.15, 0.2) is 22.7 Å². The summed E-state index contributed by atoms with van der Waals surface area (Å²) >= 11 is 5.36. The zero-order valence-corrected chi connectivity index (χ0v) is 13.0. The van der Waals surface area contributed by atoms with Gasteiger partial charge in [0.05, 0.1) is 6.61 Å². The van der Waals surface area contributed by atoms with Crippen molar-refractivity contribution in [2.24, 2.45) is 0 Å². The highest BCUT2D eigenvalue weighted by molar-refractivity contribution is 9.10. The minimum absolute atomic E-state index is 0.489. The van der Waals surface area contributed by atoms with Gasteiger partial charge < -0.3 is 10.1 Å². The van der Waals surface area contributed by atoms with Crippen molar-refractivity contribution < 1.29 is 4.74 Å². The van der Waals surface area contributed by atoms with Crippen LogP contribution in [-0.4, -0.2) is 24.7 Å². The summed E-state index contributed by atoms with van der Waals surface area (Å²) in [6.07, 6.45) is 2.09. The number of ether oxygens (including phenoxy) is 1. The number of hydrogen-bond donors (Lipinski definition) is 1. The molecule has 1 N–H and O–H groups in total. The Balaban J connectivity index is 2.59. The predicted molar refractivity (Wildman–Crippen MR) is 80.0 cm³/mol. The van der Waals surface area contributed by atoms with Gasteiger partial charge in [0, 0.05) is 22.8 Å². The molecule has 4 heteroatoms. The highest BCUT2D eigenvalue weighted by Crippen LogP contribution is 2.22. The maximum absolute atomic E-state index is 5.68. The zero-order chi connectivity index (χ0) is 12.7. The molecule has 0 aromatic heterocycles. The van der Waals surface area contributed by atoms with E-state index in [1.165, 1.54) is 5.56 Å². The SMILES string of the molecule is CSCCOc1ccc(Br)c(CNC(C)C)c1. The van der Waals surface area contributed by atoms with Gasteiger partial charge in [0.25, 0.3) is 0 Å². The van der Waals surface area contributed by atoms with Crippen LogP contribution in [0, 0.1) is 0 Å². The van der Waals surface area contributed by atoms with Crippen LogP contribution in [0.5, 0.6) is 5.75 Å². The molecule has 0 aliphatic rings. The van der Waals surface area contributed by atoms with E-state index in [2.05, 4.69) is 47.4 Å². The van der Waals surface area contributed by atoms with Crippen LogP contribution >= 0.6 is 27.7 Å². The Kier molecular flexibility index (Phi) is 7.00. The summed E-state index contributed by atoms with van der Waals surface area (Å²) < 4.78 is 6.81. The third-order valence-corrected chi connectivity index (χ3v) is 3.62. The number of halogens is 1. The summed E-state index contributed by atoms with van der Waals surface area (Å²) in [6.45, 7) is 5.91. The van der Waals surface area contributed by atoms with Gasteiger partial charge in [0.2, 0.25) is 0 Å². The lowest BCUT2D eigenvalue weighted by Gasteiger charge is -2.12. The Morgan fingerprint density at radius 1 is 1.41 bits per heavy atom. The molecular formula is C13H20BrNOS. The van der Waals surface area contributed by atoms with E-state index < -0.39 is 0 Å². The van der Waals surface area contributed by atoms with Gasteiger partial charge in [0.15, 0.2) is 0 Å². The molecule has 17 heavy (non-hydrogen) atoms. The number of rotatable bonds is 7. The molecule has 1 aromatic rings. The van der Waals surface area contributed by atoms with Gasteiger partial charge in [-0.15, -0.1) is 0 Å². The molecule has 0 aliphatic carbocycles. The number of nitrogens with one attached hydrogen (secondary N) is 1. The Labute approximate surface area is 117 Å². The van der Waals surface area contributed by atoms with Crippen molar-refractivity contribution in [3.05, 3.63) is 28.2 Å². The van der Waals surface area contributed by atoms with Gasteiger partial charge in [-0.05, 0) is 30.0 Å². The minimum atomic E-state index is 0.489. The molecule has 0 aliphatic heterocycles. The summed E-state index contributed by atoms with van der Waals surface area (Å²) in [6, 6.07) is 6.64. The molecule has 0 spiro atoms. The Bertz CT molecular complexity index is 344. The van der Waals surface area contributed by atoms with Crippen LogP contribution in [0.1, 0.15) is 19.4 Å². The van der Waals surface area contributed by atoms with Crippen LogP contribution in [0.4, 0.5) is 0 Å². The highest BCUT2D eigenvalue weighted by atomic mass is 79.9. The fraction of sp³-hybridized carbons (Fsp3) is 0.538. The van der Waals surface area contributed by atoms with Crippen molar-refractivity contribution >= 4 is 27.7 Å². The second-order valence-electron chi connectivity index (χ2n) is 4.13. The fourth-order valence-electron chi connectivity index (χ4n) is 1.33. The summed E-state index contributed by atoms with van der Waals surface area (Å²) in [5, 5.41) is 3.41. The first kappa shape index (κ1) is 14.9. The van der Waals surface area contributed by atoms with E-state index >= 15 is 0 Å². The lowest BCUT2D eigenvalue weighted by molar-refractivity contribution is 0.343. The molecule has 0 fully saturated rings. The number of benzene rings is 1. The molecule has 0 bridgehead atoms. The van der Waals surface area contributed by atoms with Crippen LogP contribution in [0.25, 0.3) is 0 Å². The Morgan fingerprint density at radius 3 is 2.82 bits per heavy atom. The average Bonchev–Trinajstić information content (AvgIpc) is 2.29. The molecule has 0 atom stereocenters. The average molecular weight is 318 g/mol. The molecule has 0 saturated carbocycles. The second kappa shape index (κ2) is 8.01. The third-order valence-electron chi connectivity index (χ3n) is 2.27. The Hall–Kier alpha value is -0.190. The smallest absolute Gasteiger partial charge is 0.119 e. The molecule has 1 aromatic carbocycles. The van der Waals surface area contributed by atoms with Crippen molar-refractivity contribution in [3.8, 4) is 5.75 Å². The molecule has 2 nitrogen and oxygen atoms in total. The monoisotopic (exact) mass is 317 g/mol. The molecular weight excluding hydrogens is 298 g/mol. The summed E-state index contributed by atoms with van der Waals surface area (Å²) in [7, 11) is 0.